The lowest BCUT2D eigenvalue weighted by molar-refractivity contribution is 0.0574. The lowest BCUT2D eigenvalue weighted by atomic mass is 10.1. The largest absolute Gasteiger partial charge is 0.369 e. The van der Waals surface area contributed by atoms with Gasteiger partial charge in [0.2, 0.25) is 0 Å². The van der Waals surface area contributed by atoms with E-state index >= 15 is 0 Å². The summed E-state index contributed by atoms with van der Waals surface area (Å²) in [7, 11) is 0. The number of halogens is 2. The summed E-state index contributed by atoms with van der Waals surface area (Å²) in [4.78, 5) is 0. The molecule has 3 heteroatoms. The van der Waals surface area contributed by atoms with E-state index < -0.39 is 0 Å². The molecule has 0 radical (unpaired) electrons. The normalized spacial score (nSPS) is 26.7. The monoisotopic (exact) mass is 230 g/mol. The van der Waals surface area contributed by atoms with Gasteiger partial charge in [-0.3, -0.25) is 0 Å². The summed E-state index contributed by atoms with van der Waals surface area (Å²) in [5.74, 6) is 0.587. The number of alkyl halides is 1. The summed E-state index contributed by atoms with van der Waals surface area (Å²) >= 11 is 11.6. The molecule has 2 rings (SSSR count). The first-order valence-corrected chi connectivity index (χ1v) is 5.67. The average Bonchev–Trinajstić information content (AvgIpc) is 2.67. The third kappa shape index (κ3) is 2.22. The van der Waals surface area contributed by atoms with Crippen molar-refractivity contribution in [2.45, 2.75) is 25.0 Å². The van der Waals surface area contributed by atoms with Crippen LogP contribution in [0.4, 0.5) is 0 Å². The van der Waals surface area contributed by atoms with Crippen LogP contribution >= 0.6 is 23.2 Å². The summed E-state index contributed by atoms with van der Waals surface area (Å²) < 4.78 is 5.76. The van der Waals surface area contributed by atoms with E-state index in [2.05, 4.69) is 0 Å². The minimum absolute atomic E-state index is 0.205. The summed E-state index contributed by atoms with van der Waals surface area (Å²) in [5.41, 5.74) is 1.20. The van der Waals surface area contributed by atoms with Gasteiger partial charge >= 0.3 is 0 Å². The Morgan fingerprint density at radius 2 is 1.93 bits per heavy atom. The van der Waals surface area contributed by atoms with Crippen LogP contribution in [0.2, 0.25) is 5.02 Å². The molecule has 0 bridgehead atoms. The maximum atomic E-state index is 5.81. The van der Waals surface area contributed by atoms with Crippen molar-refractivity contribution in [1.29, 1.82) is 0 Å². The molecule has 1 aliphatic rings. The van der Waals surface area contributed by atoms with Gasteiger partial charge in [0.05, 0.1) is 12.2 Å². The molecular weight excluding hydrogens is 219 g/mol. The smallest absolute Gasteiger partial charge is 0.0830 e. The Bertz CT molecular complexity index is 297. The number of rotatable bonds is 2. The zero-order valence-electron chi connectivity index (χ0n) is 7.75. The molecule has 1 aromatic carbocycles. The van der Waals surface area contributed by atoms with E-state index in [9.17, 15) is 0 Å². The summed E-state index contributed by atoms with van der Waals surface area (Å²) in [6.07, 6.45) is 2.53. The molecule has 1 aromatic rings. The second-order valence-corrected chi connectivity index (χ2v) is 4.27. The lowest BCUT2D eigenvalue weighted by Gasteiger charge is -2.11. The second kappa shape index (κ2) is 4.52. The second-order valence-electron chi connectivity index (χ2n) is 3.53. The van der Waals surface area contributed by atoms with Crippen LogP contribution in [0.3, 0.4) is 0 Å². The Morgan fingerprint density at radius 1 is 1.21 bits per heavy atom. The number of hydrogen-bond donors (Lipinski definition) is 0. The summed E-state index contributed by atoms with van der Waals surface area (Å²) in [6, 6.07) is 7.83. The molecule has 0 aromatic heterocycles. The average molecular weight is 231 g/mol. The van der Waals surface area contributed by atoms with E-state index in [0.29, 0.717) is 5.88 Å². The first-order valence-electron chi connectivity index (χ1n) is 4.76. The standard InChI is InChI=1S/C11H12Cl2O/c12-7-10-5-6-11(14-10)8-1-3-9(13)4-2-8/h1-4,10-11H,5-7H2. The highest BCUT2D eigenvalue weighted by atomic mass is 35.5. The predicted molar refractivity (Wildman–Crippen MR) is 59.0 cm³/mol. The minimum Gasteiger partial charge on any atom is -0.369 e. The first kappa shape index (κ1) is 10.3. The fraction of sp³-hybridized carbons (Fsp3) is 0.455. The molecular formula is C11H12Cl2O. The molecule has 76 valence electrons. The van der Waals surface area contributed by atoms with Gasteiger partial charge < -0.3 is 4.74 Å². The zero-order chi connectivity index (χ0) is 9.97. The van der Waals surface area contributed by atoms with E-state index in [-0.39, 0.29) is 12.2 Å². The number of hydrogen-bond acceptors (Lipinski definition) is 1. The van der Waals surface area contributed by atoms with E-state index in [1.807, 2.05) is 24.3 Å². The Kier molecular flexibility index (Phi) is 3.32. The fourth-order valence-electron chi connectivity index (χ4n) is 1.74. The van der Waals surface area contributed by atoms with Gasteiger partial charge in [-0.1, -0.05) is 23.7 Å². The first-order chi connectivity index (χ1) is 6.79. The van der Waals surface area contributed by atoms with Crippen LogP contribution < -0.4 is 0 Å². The van der Waals surface area contributed by atoms with Gasteiger partial charge in [0.15, 0.2) is 0 Å². The minimum atomic E-state index is 0.205. The van der Waals surface area contributed by atoms with Gasteiger partial charge in [-0.15, -0.1) is 11.6 Å². The Hall–Kier alpha value is -0.240. The van der Waals surface area contributed by atoms with Gasteiger partial charge in [0.25, 0.3) is 0 Å². The van der Waals surface area contributed by atoms with Crippen molar-refractivity contribution in [3.05, 3.63) is 34.9 Å². The van der Waals surface area contributed by atoms with Crippen LogP contribution in [-0.4, -0.2) is 12.0 Å². The molecule has 0 spiro atoms. The highest BCUT2D eigenvalue weighted by molar-refractivity contribution is 6.30. The summed E-state index contributed by atoms with van der Waals surface area (Å²) in [6.45, 7) is 0. The molecule has 0 amide bonds. The van der Waals surface area contributed by atoms with Crippen molar-refractivity contribution in [1.82, 2.24) is 0 Å². The highest BCUT2D eigenvalue weighted by Crippen LogP contribution is 2.33. The van der Waals surface area contributed by atoms with E-state index in [4.69, 9.17) is 27.9 Å². The highest BCUT2D eigenvalue weighted by Gasteiger charge is 2.25. The van der Waals surface area contributed by atoms with Crippen molar-refractivity contribution in [3.63, 3.8) is 0 Å². The van der Waals surface area contributed by atoms with Crippen LogP contribution in [0, 0.1) is 0 Å². The third-order valence-corrected chi connectivity index (χ3v) is 3.12. The lowest BCUT2D eigenvalue weighted by Crippen LogP contribution is -2.07. The molecule has 0 N–H and O–H groups in total. The Balaban J connectivity index is 2.06. The fourth-order valence-corrected chi connectivity index (χ4v) is 2.09. The molecule has 14 heavy (non-hydrogen) atoms. The molecule has 2 unspecified atom stereocenters. The van der Waals surface area contributed by atoms with Crippen molar-refractivity contribution in [2.24, 2.45) is 0 Å². The predicted octanol–water partition coefficient (Wildman–Crippen LogP) is 3.80. The van der Waals surface area contributed by atoms with Crippen molar-refractivity contribution in [2.75, 3.05) is 5.88 Å². The molecule has 1 fully saturated rings. The maximum Gasteiger partial charge on any atom is 0.0830 e. The molecule has 1 aliphatic heterocycles. The van der Waals surface area contributed by atoms with Gasteiger partial charge in [0.1, 0.15) is 0 Å². The van der Waals surface area contributed by atoms with E-state index in [1.54, 1.807) is 0 Å². The van der Waals surface area contributed by atoms with E-state index in [0.717, 1.165) is 17.9 Å². The van der Waals surface area contributed by atoms with Gasteiger partial charge in [-0.25, -0.2) is 0 Å². The maximum absolute atomic E-state index is 5.81. The molecule has 1 heterocycles. The number of ether oxygens (including phenoxy) is 1. The van der Waals surface area contributed by atoms with Crippen LogP contribution in [0.5, 0.6) is 0 Å². The Labute approximate surface area is 94.0 Å². The molecule has 1 nitrogen and oxygen atoms in total. The topological polar surface area (TPSA) is 9.23 Å². The molecule has 0 saturated carbocycles. The number of benzene rings is 1. The third-order valence-electron chi connectivity index (χ3n) is 2.52. The quantitative estimate of drug-likeness (QED) is 0.703. The van der Waals surface area contributed by atoms with Gasteiger partial charge in [-0.2, -0.15) is 0 Å². The van der Waals surface area contributed by atoms with Crippen LogP contribution in [0.25, 0.3) is 0 Å². The van der Waals surface area contributed by atoms with E-state index in [1.165, 1.54) is 5.56 Å². The molecule has 2 atom stereocenters. The van der Waals surface area contributed by atoms with Crippen molar-refractivity contribution >= 4 is 23.2 Å². The van der Waals surface area contributed by atoms with Crippen LogP contribution in [0.15, 0.2) is 24.3 Å². The van der Waals surface area contributed by atoms with Gasteiger partial charge in [-0.05, 0) is 30.5 Å². The van der Waals surface area contributed by atoms with Crippen molar-refractivity contribution < 1.29 is 4.74 Å². The zero-order valence-corrected chi connectivity index (χ0v) is 9.26. The molecule has 1 saturated heterocycles. The van der Waals surface area contributed by atoms with Gasteiger partial charge in [0, 0.05) is 10.9 Å². The van der Waals surface area contributed by atoms with Crippen LogP contribution in [0.1, 0.15) is 24.5 Å². The molecule has 0 aliphatic carbocycles. The van der Waals surface area contributed by atoms with Crippen molar-refractivity contribution in [3.8, 4) is 0 Å². The summed E-state index contributed by atoms with van der Waals surface area (Å²) in [5, 5.41) is 0.764. The Morgan fingerprint density at radius 3 is 2.50 bits per heavy atom. The van der Waals surface area contributed by atoms with Crippen LogP contribution in [-0.2, 0) is 4.74 Å². The SMILES string of the molecule is ClCC1CCC(c2ccc(Cl)cc2)O1.